The molecule has 1 aromatic rings. The third kappa shape index (κ3) is 2.98. The predicted molar refractivity (Wildman–Crippen MR) is 71.1 cm³/mol. The molecule has 0 aromatic carbocycles. The molecule has 1 heterocycles. The number of hydrogen-bond acceptors (Lipinski definition) is 5. The van der Waals surface area contributed by atoms with Gasteiger partial charge in [0.15, 0.2) is 0 Å². The first-order chi connectivity index (χ1) is 8.70. The number of hydrazine groups is 1. The summed E-state index contributed by atoms with van der Waals surface area (Å²) in [6, 6.07) is 0. The Balaban J connectivity index is 1.99. The fraction of sp³-hybridized carbons (Fsp3) is 0.538. The molecule has 0 saturated carbocycles. The number of nitrogen functional groups attached to an aromatic ring is 1. The van der Waals surface area contributed by atoms with Gasteiger partial charge in [0, 0.05) is 11.8 Å². The second-order valence-electron chi connectivity index (χ2n) is 4.82. The molecular formula is C13H20N4O. The zero-order valence-electron chi connectivity index (χ0n) is 10.9. The molecule has 1 aliphatic carbocycles. The topological polar surface area (TPSA) is 73.1 Å². The summed E-state index contributed by atoms with van der Waals surface area (Å²) < 4.78 is 5.81. The van der Waals surface area contributed by atoms with E-state index in [9.17, 15) is 0 Å². The third-order valence-corrected chi connectivity index (χ3v) is 3.41. The normalized spacial score (nSPS) is 22.8. The summed E-state index contributed by atoms with van der Waals surface area (Å²) in [5.74, 6) is 7.49. The van der Waals surface area contributed by atoms with Crippen LogP contribution >= 0.6 is 0 Å². The minimum atomic E-state index is 0.382. The van der Waals surface area contributed by atoms with Crippen LogP contribution in [0.15, 0.2) is 18.3 Å². The molecule has 5 heteroatoms. The van der Waals surface area contributed by atoms with E-state index in [-0.39, 0.29) is 0 Å². The number of nitrogens with two attached hydrogens (primary N) is 1. The second-order valence-corrected chi connectivity index (χ2v) is 4.82. The van der Waals surface area contributed by atoms with Crippen molar-refractivity contribution in [3.8, 4) is 5.88 Å². The van der Waals surface area contributed by atoms with Gasteiger partial charge < -0.3 is 4.74 Å². The molecule has 1 aromatic heterocycles. The number of hydrogen-bond donors (Lipinski definition) is 2. The Morgan fingerprint density at radius 2 is 2.22 bits per heavy atom. The van der Waals surface area contributed by atoms with Gasteiger partial charge in [0.1, 0.15) is 0 Å². The Hall–Kier alpha value is -1.62. The Kier molecular flexibility index (Phi) is 4.15. The molecular weight excluding hydrogens is 228 g/mol. The van der Waals surface area contributed by atoms with Gasteiger partial charge in [-0.25, -0.2) is 10.8 Å². The van der Waals surface area contributed by atoms with Gasteiger partial charge in [-0.3, -0.25) is 5.43 Å². The molecule has 1 aliphatic rings. The van der Waals surface area contributed by atoms with Gasteiger partial charge in [0.2, 0.25) is 11.8 Å². The molecule has 5 nitrogen and oxygen atoms in total. The maximum Gasteiger partial charge on any atom is 0.240 e. The number of nitrogens with one attached hydrogen (secondary N) is 1. The average molecular weight is 248 g/mol. The van der Waals surface area contributed by atoms with Crippen LogP contribution < -0.4 is 16.0 Å². The lowest BCUT2D eigenvalue weighted by molar-refractivity contribution is 0.191. The van der Waals surface area contributed by atoms with Crippen LogP contribution in [0.3, 0.4) is 0 Å². The molecule has 2 rings (SSSR count). The van der Waals surface area contributed by atoms with Crippen LogP contribution in [0.4, 0.5) is 5.95 Å². The summed E-state index contributed by atoms with van der Waals surface area (Å²) >= 11 is 0. The van der Waals surface area contributed by atoms with Crippen LogP contribution in [-0.2, 0) is 0 Å². The van der Waals surface area contributed by atoms with Crippen molar-refractivity contribution in [1.82, 2.24) is 9.97 Å². The Labute approximate surface area is 107 Å². The lowest BCUT2D eigenvalue weighted by Crippen LogP contribution is -2.22. The summed E-state index contributed by atoms with van der Waals surface area (Å²) in [4.78, 5) is 8.24. The van der Waals surface area contributed by atoms with Crippen molar-refractivity contribution < 1.29 is 4.74 Å². The standard InChI is InChI=1S/C13H20N4O/c1-9-5-3-4-6-11(9)8-18-12-10(2)7-15-13(16-12)17-14/h3-4,7,9,11H,5-6,8,14H2,1-2H3,(H,15,16,17). The van der Waals surface area contributed by atoms with E-state index in [2.05, 4.69) is 34.5 Å². The van der Waals surface area contributed by atoms with E-state index >= 15 is 0 Å². The highest BCUT2D eigenvalue weighted by molar-refractivity contribution is 5.31. The average Bonchev–Trinajstić information content (AvgIpc) is 2.39. The minimum absolute atomic E-state index is 0.382. The zero-order chi connectivity index (χ0) is 13.0. The molecule has 0 fully saturated rings. The van der Waals surface area contributed by atoms with Gasteiger partial charge in [-0.05, 0) is 31.6 Å². The van der Waals surface area contributed by atoms with Crippen LogP contribution in [-0.4, -0.2) is 16.6 Å². The van der Waals surface area contributed by atoms with Gasteiger partial charge in [-0.2, -0.15) is 4.98 Å². The largest absolute Gasteiger partial charge is 0.477 e. The van der Waals surface area contributed by atoms with Crippen molar-refractivity contribution in [2.75, 3.05) is 12.0 Å². The van der Waals surface area contributed by atoms with E-state index in [1.807, 2.05) is 6.92 Å². The second kappa shape index (κ2) is 5.82. The monoisotopic (exact) mass is 248 g/mol. The summed E-state index contributed by atoms with van der Waals surface area (Å²) in [6.45, 7) is 4.88. The van der Waals surface area contributed by atoms with Crippen molar-refractivity contribution in [2.45, 2.75) is 26.7 Å². The Morgan fingerprint density at radius 3 is 2.94 bits per heavy atom. The summed E-state index contributed by atoms with van der Waals surface area (Å²) in [5.41, 5.74) is 3.35. The molecule has 2 unspecified atom stereocenters. The fourth-order valence-electron chi connectivity index (χ4n) is 2.07. The highest BCUT2D eigenvalue weighted by Crippen LogP contribution is 2.26. The summed E-state index contributed by atoms with van der Waals surface area (Å²) in [5, 5.41) is 0. The van der Waals surface area contributed by atoms with Crippen molar-refractivity contribution in [3.05, 3.63) is 23.9 Å². The smallest absolute Gasteiger partial charge is 0.240 e. The first-order valence-electron chi connectivity index (χ1n) is 6.28. The van der Waals surface area contributed by atoms with Crippen molar-refractivity contribution in [2.24, 2.45) is 17.7 Å². The SMILES string of the molecule is Cc1cnc(NN)nc1OCC1CC=CCC1C. The lowest BCUT2D eigenvalue weighted by Gasteiger charge is -2.25. The molecule has 0 spiro atoms. The highest BCUT2D eigenvalue weighted by atomic mass is 16.5. The van der Waals surface area contributed by atoms with Crippen LogP contribution in [0.2, 0.25) is 0 Å². The number of aromatic nitrogens is 2. The van der Waals surface area contributed by atoms with E-state index in [0.717, 1.165) is 18.4 Å². The predicted octanol–water partition coefficient (Wildman–Crippen LogP) is 2.05. The zero-order valence-corrected chi connectivity index (χ0v) is 10.9. The quantitative estimate of drug-likeness (QED) is 0.484. The third-order valence-electron chi connectivity index (χ3n) is 3.41. The first-order valence-corrected chi connectivity index (χ1v) is 6.28. The van der Waals surface area contributed by atoms with E-state index in [1.54, 1.807) is 6.20 Å². The fourth-order valence-corrected chi connectivity index (χ4v) is 2.07. The number of rotatable bonds is 4. The number of anilines is 1. The van der Waals surface area contributed by atoms with Gasteiger partial charge in [-0.1, -0.05) is 19.1 Å². The molecule has 0 aliphatic heterocycles. The van der Waals surface area contributed by atoms with Gasteiger partial charge in [0.25, 0.3) is 0 Å². The first kappa shape index (κ1) is 12.8. The van der Waals surface area contributed by atoms with Crippen LogP contribution in [0, 0.1) is 18.8 Å². The molecule has 0 radical (unpaired) electrons. The lowest BCUT2D eigenvalue weighted by atomic mass is 9.85. The maximum atomic E-state index is 5.81. The van der Waals surface area contributed by atoms with Gasteiger partial charge in [-0.15, -0.1) is 0 Å². The number of ether oxygens (including phenoxy) is 1. The molecule has 2 atom stereocenters. The number of aryl methyl sites for hydroxylation is 1. The Morgan fingerprint density at radius 1 is 1.44 bits per heavy atom. The van der Waals surface area contributed by atoms with Gasteiger partial charge in [0.05, 0.1) is 6.61 Å². The number of nitrogens with zero attached hydrogens (tertiary/aromatic N) is 2. The van der Waals surface area contributed by atoms with Crippen molar-refractivity contribution in [3.63, 3.8) is 0 Å². The van der Waals surface area contributed by atoms with Crippen LogP contribution in [0.1, 0.15) is 25.3 Å². The number of allylic oxidation sites excluding steroid dienone is 2. The minimum Gasteiger partial charge on any atom is -0.477 e. The molecule has 18 heavy (non-hydrogen) atoms. The van der Waals surface area contributed by atoms with Crippen molar-refractivity contribution >= 4 is 5.95 Å². The molecule has 0 saturated heterocycles. The Bertz CT molecular complexity index is 433. The molecule has 3 N–H and O–H groups in total. The van der Waals surface area contributed by atoms with E-state index in [0.29, 0.717) is 30.3 Å². The molecule has 98 valence electrons. The summed E-state index contributed by atoms with van der Waals surface area (Å²) in [6.07, 6.45) is 8.39. The van der Waals surface area contributed by atoms with E-state index in [4.69, 9.17) is 10.6 Å². The highest BCUT2D eigenvalue weighted by Gasteiger charge is 2.19. The van der Waals surface area contributed by atoms with Crippen LogP contribution in [0.25, 0.3) is 0 Å². The van der Waals surface area contributed by atoms with Gasteiger partial charge >= 0.3 is 0 Å². The molecule has 0 bridgehead atoms. The molecule has 0 amide bonds. The van der Waals surface area contributed by atoms with E-state index < -0.39 is 0 Å². The van der Waals surface area contributed by atoms with Crippen LogP contribution in [0.5, 0.6) is 5.88 Å². The van der Waals surface area contributed by atoms with E-state index in [1.165, 1.54) is 0 Å². The summed E-state index contributed by atoms with van der Waals surface area (Å²) in [7, 11) is 0. The maximum absolute atomic E-state index is 5.81. The van der Waals surface area contributed by atoms with Crippen molar-refractivity contribution in [1.29, 1.82) is 0 Å².